The zero-order chi connectivity index (χ0) is 22.2. The summed E-state index contributed by atoms with van der Waals surface area (Å²) in [5.41, 5.74) is 6.21. The number of nitrogens with one attached hydrogen (secondary N) is 1. The van der Waals surface area contributed by atoms with Crippen LogP contribution in [0.3, 0.4) is 0 Å². The Morgan fingerprint density at radius 1 is 1.13 bits per heavy atom. The molecular weight excluding hydrogens is 404 g/mol. The molecule has 0 saturated heterocycles. The normalized spacial score (nSPS) is 27.9. The number of carbonyl (C=O) groups excluding carboxylic acids is 1. The van der Waals surface area contributed by atoms with E-state index >= 15 is 0 Å². The van der Waals surface area contributed by atoms with Crippen LogP contribution in [-0.2, 0) is 9.59 Å². The van der Waals surface area contributed by atoms with Gasteiger partial charge in [0.05, 0.1) is 24.8 Å². The summed E-state index contributed by atoms with van der Waals surface area (Å²) < 4.78 is 1.68. The Kier molecular flexibility index (Phi) is 5.80. The van der Waals surface area contributed by atoms with E-state index in [0.717, 1.165) is 12.8 Å². The zero-order valence-corrected chi connectivity index (χ0v) is 17.1. The second-order valence-electron chi connectivity index (χ2n) is 8.84. The summed E-state index contributed by atoms with van der Waals surface area (Å²) in [5.74, 6) is -0.948. The van der Waals surface area contributed by atoms with Gasteiger partial charge in [0.15, 0.2) is 11.5 Å². The lowest BCUT2D eigenvalue weighted by atomic mass is 9.79. The molecule has 2 aliphatic rings. The average molecular weight is 432 g/mol. The molecule has 4 atom stereocenters. The van der Waals surface area contributed by atoms with Gasteiger partial charge < -0.3 is 30.9 Å². The monoisotopic (exact) mass is 432 g/mol. The smallest absolute Gasteiger partial charge is 0.303 e. The fourth-order valence-corrected chi connectivity index (χ4v) is 5.19. The highest BCUT2D eigenvalue weighted by molar-refractivity contribution is 5.81. The minimum Gasteiger partial charge on any atom is -0.481 e. The number of amides is 1. The van der Waals surface area contributed by atoms with Crippen molar-refractivity contribution in [3.8, 4) is 0 Å². The van der Waals surface area contributed by atoms with Gasteiger partial charge in [0.2, 0.25) is 5.91 Å². The topological polar surface area (TPSA) is 176 Å². The van der Waals surface area contributed by atoms with Crippen LogP contribution >= 0.6 is 0 Å². The number of nitrogens with two attached hydrogens (primary N) is 1. The van der Waals surface area contributed by atoms with Gasteiger partial charge in [-0.2, -0.15) is 0 Å². The highest BCUT2D eigenvalue weighted by Crippen LogP contribution is 2.44. The van der Waals surface area contributed by atoms with Crippen molar-refractivity contribution in [2.24, 2.45) is 5.41 Å². The van der Waals surface area contributed by atoms with E-state index in [1.165, 1.54) is 12.7 Å². The second-order valence-corrected chi connectivity index (χ2v) is 8.84. The third-order valence-electron chi connectivity index (χ3n) is 6.75. The molecular formula is C20H28N6O5. The lowest BCUT2D eigenvalue weighted by Gasteiger charge is -2.39. The van der Waals surface area contributed by atoms with Gasteiger partial charge >= 0.3 is 5.97 Å². The summed E-state index contributed by atoms with van der Waals surface area (Å²) in [6.45, 7) is 0. The van der Waals surface area contributed by atoms with Gasteiger partial charge in [-0.1, -0.05) is 12.8 Å². The first kappa shape index (κ1) is 21.4. The molecule has 0 radical (unpaired) electrons. The van der Waals surface area contributed by atoms with E-state index in [9.17, 15) is 24.9 Å². The van der Waals surface area contributed by atoms with E-state index in [0.29, 0.717) is 36.8 Å². The highest BCUT2D eigenvalue weighted by atomic mass is 16.4. The Morgan fingerprint density at radius 3 is 2.58 bits per heavy atom. The van der Waals surface area contributed by atoms with Gasteiger partial charge in [-0.15, -0.1) is 0 Å². The number of aliphatic hydroxyl groups is 2. The van der Waals surface area contributed by atoms with Crippen molar-refractivity contribution in [1.29, 1.82) is 0 Å². The van der Waals surface area contributed by atoms with E-state index in [1.54, 1.807) is 4.57 Å². The maximum absolute atomic E-state index is 12.7. The first-order chi connectivity index (χ1) is 14.8. The molecule has 2 aliphatic carbocycles. The number of rotatable bonds is 6. The molecule has 168 valence electrons. The van der Waals surface area contributed by atoms with Crippen LogP contribution < -0.4 is 11.1 Å². The molecule has 11 nitrogen and oxygen atoms in total. The quantitative estimate of drug-likeness (QED) is 0.431. The van der Waals surface area contributed by atoms with Crippen LogP contribution in [0.2, 0.25) is 0 Å². The van der Waals surface area contributed by atoms with Gasteiger partial charge in [-0.25, -0.2) is 15.0 Å². The molecule has 0 aromatic carbocycles. The Labute approximate surface area is 178 Å². The molecule has 1 amide bonds. The minimum absolute atomic E-state index is 0.0307. The Balaban J connectivity index is 1.43. The summed E-state index contributed by atoms with van der Waals surface area (Å²) in [5, 5.41) is 33.5. The van der Waals surface area contributed by atoms with Gasteiger partial charge in [0, 0.05) is 6.42 Å². The number of anilines is 1. The van der Waals surface area contributed by atoms with Crippen molar-refractivity contribution in [3.05, 3.63) is 12.7 Å². The summed E-state index contributed by atoms with van der Waals surface area (Å²) in [6, 6.07) is -1.09. The first-order valence-corrected chi connectivity index (χ1v) is 10.6. The second kappa shape index (κ2) is 8.39. The Hall–Kier alpha value is -2.79. The van der Waals surface area contributed by atoms with Crippen molar-refractivity contribution in [3.63, 3.8) is 0 Å². The molecule has 0 bridgehead atoms. The molecule has 6 N–H and O–H groups in total. The third kappa shape index (κ3) is 4.19. The van der Waals surface area contributed by atoms with Crippen LogP contribution in [0, 0.1) is 5.41 Å². The molecule has 2 aromatic heterocycles. The number of carbonyl (C=O) groups is 2. The van der Waals surface area contributed by atoms with E-state index in [4.69, 9.17) is 5.73 Å². The van der Waals surface area contributed by atoms with Gasteiger partial charge in [-0.05, 0) is 31.1 Å². The van der Waals surface area contributed by atoms with Crippen molar-refractivity contribution >= 4 is 28.9 Å². The maximum Gasteiger partial charge on any atom is 0.303 e. The molecule has 2 saturated carbocycles. The van der Waals surface area contributed by atoms with E-state index in [1.807, 2.05) is 0 Å². The molecule has 0 aliphatic heterocycles. The van der Waals surface area contributed by atoms with Crippen LogP contribution in [0.4, 0.5) is 5.82 Å². The van der Waals surface area contributed by atoms with Crippen molar-refractivity contribution in [2.45, 2.75) is 75.7 Å². The number of aromatic nitrogens is 4. The number of nitrogens with zero attached hydrogens (tertiary/aromatic N) is 4. The SMILES string of the molecule is Nc1ncnc2c1ncn2[C@@H]1CC[C@@H](NC(=O)CC2(CC(=O)O)CCCC2)[C@@H](O)[C@@H]1O. The standard InChI is InChI=1S/C20H28N6O5/c21-18-15-19(23-9-22-18)26(10-24-15)12-4-3-11(16(30)17(12)31)25-13(27)7-20(8-14(28)29)5-1-2-6-20/h9-12,16-17,30-31H,1-8H2,(H,25,27)(H,28,29)(H2,21,22,23)/t11-,12-,16-,17-/m1/s1. The lowest BCUT2D eigenvalue weighted by Crippen LogP contribution is -2.54. The van der Waals surface area contributed by atoms with Gasteiger partial charge in [-0.3, -0.25) is 9.59 Å². The maximum atomic E-state index is 12.7. The number of hydrogen-bond acceptors (Lipinski definition) is 8. The zero-order valence-electron chi connectivity index (χ0n) is 17.1. The van der Waals surface area contributed by atoms with Crippen molar-refractivity contribution < 1.29 is 24.9 Å². The average Bonchev–Trinajstić information content (AvgIpc) is 3.33. The molecule has 31 heavy (non-hydrogen) atoms. The summed E-state index contributed by atoms with van der Waals surface area (Å²) in [7, 11) is 0. The number of imidazole rings is 1. The van der Waals surface area contributed by atoms with Crippen LogP contribution in [0.1, 0.15) is 57.4 Å². The summed E-state index contributed by atoms with van der Waals surface area (Å²) in [4.78, 5) is 36.3. The van der Waals surface area contributed by atoms with Crippen LogP contribution in [0.25, 0.3) is 11.2 Å². The summed E-state index contributed by atoms with van der Waals surface area (Å²) >= 11 is 0. The molecule has 0 spiro atoms. The number of hydrogen-bond donors (Lipinski definition) is 5. The third-order valence-corrected chi connectivity index (χ3v) is 6.75. The number of nitrogen functional groups attached to an aromatic ring is 1. The number of aliphatic hydroxyl groups excluding tert-OH is 2. The summed E-state index contributed by atoms with van der Waals surface area (Å²) in [6.07, 6.45) is 4.78. The number of fused-ring (bicyclic) bond motifs is 1. The molecule has 2 heterocycles. The largest absolute Gasteiger partial charge is 0.481 e. The molecule has 0 unspecified atom stereocenters. The highest BCUT2D eigenvalue weighted by Gasteiger charge is 2.42. The molecule has 2 aromatic rings. The molecule has 11 heteroatoms. The first-order valence-electron chi connectivity index (χ1n) is 10.6. The van der Waals surface area contributed by atoms with E-state index < -0.39 is 35.7 Å². The fraction of sp³-hybridized carbons (Fsp3) is 0.650. The lowest BCUT2D eigenvalue weighted by molar-refractivity contribution is -0.140. The van der Waals surface area contributed by atoms with Crippen LogP contribution in [0.5, 0.6) is 0 Å². The molecule has 4 rings (SSSR count). The van der Waals surface area contributed by atoms with Crippen LogP contribution in [0.15, 0.2) is 12.7 Å². The van der Waals surface area contributed by atoms with E-state index in [-0.39, 0.29) is 24.6 Å². The van der Waals surface area contributed by atoms with Crippen LogP contribution in [-0.4, -0.2) is 65.0 Å². The number of aliphatic carboxylic acids is 1. The predicted octanol–water partition coefficient (Wildman–Crippen LogP) is 0.375. The van der Waals surface area contributed by atoms with Gasteiger partial charge in [0.1, 0.15) is 24.1 Å². The van der Waals surface area contributed by atoms with E-state index in [2.05, 4.69) is 20.3 Å². The van der Waals surface area contributed by atoms with Gasteiger partial charge in [0.25, 0.3) is 0 Å². The number of carboxylic acids is 1. The number of carboxylic acid groups (broad SMARTS) is 1. The minimum atomic E-state index is -1.18. The Morgan fingerprint density at radius 2 is 1.87 bits per heavy atom. The van der Waals surface area contributed by atoms with Crippen molar-refractivity contribution in [2.75, 3.05) is 5.73 Å². The molecule has 2 fully saturated rings. The Bertz CT molecular complexity index is 972. The van der Waals surface area contributed by atoms with Crippen molar-refractivity contribution in [1.82, 2.24) is 24.8 Å². The fourth-order valence-electron chi connectivity index (χ4n) is 5.19. The predicted molar refractivity (Wildman–Crippen MR) is 110 cm³/mol.